The van der Waals surface area contributed by atoms with Crippen LogP contribution in [0.3, 0.4) is 0 Å². The maximum atomic E-state index is 11.8. The Labute approximate surface area is 117 Å². The highest BCUT2D eigenvalue weighted by molar-refractivity contribution is 6.28. The summed E-state index contributed by atoms with van der Waals surface area (Å²) in [6.07, 6.45) is 3.30. The molecule has 2 amide bonds. The zero-order valence-corrected chi connectivity index (χ0v) is 10.8. The molecule has 3 rings (SSSR count). The quantitative estimate of drug-likeness (QED) is 0.798. The van der Waals surface area contributed by atoms with Gasteiger partial charge in [0.1, 0.15) is 0 Å². The number of hydrogen-bond acceptors (Lipinski definition) is 2. The number of para-hydroxylation sites is 1. The van der Waals surface area contributed by atoms with Crippen LogP contribution < -0.4 is 4.90 Å². The molecular weight excluding hydrogens is 250 g/mol. The molecule has 0 atom stereocenters. The highest BCUT2D eigenvalue weighted by Crippen LogP contribution is 2.25. The Bertz CT molecular complexity index is 671. The second-order valence-electron chi connectivity index (χ2n) is 4.64. The smallest absolute Gasteiger partial charge is 0.258 e. The van der Waals surface area contributed by atoms with Crippen LogP contribution in [-0.2, 0) is 16.0 Å². The molecule has 0 unspecified atom stereocenters. The van der Waals surface area contributed by atoms with Crippen molar-refractivity contribution in [1.82, 2.24) is 0 Å². The van der Waals surface area contributed by atoms with Gasteiger partial charge in [-0.25, -0.2) is 4.90 Å². The molecule has 0 bridgehead atoms. The maximum absolute atomic E-state index is 11.8. The van der Waals surface area contributed by atoms with E-state index in [0.29, 0.717) is 12.1 Å². The number of amides is 2. The number of imide groups is 1. The van der Waals surface area contributed by atoms with Crippen LogP contribution in [0.1, 0.15) is 11.1 Å². The summed E-state index contributed by atoms with van der Waals surface area (Å²) in [7, 11) is 0. The van der Waals surface area contributed by atoms with E-state index in [4.69, 9.17) is 0 Å². The molecule has 1 aliphatic heterocycles. The van der Waals surface area contributed by atoms with E-state index in [2.05, 4.69) is 0 Å². The molecule has 0 radical (unpaired) electrons. The second kappa shape index (κ2) is 5.13. The number of carbonyl (C=O) groups excluding carboxylic acids is 2. The van der Waals surface area contributed by atoms with Gasteiger partial charge in [-0.1, -0.05) is 48.5 Å². The van der Waals surface area contributed by atoms with Crippen LogP contribution in [0.4, 0.5) is 5.69 Å². The van der Waals surface area contributed by atoms with Crippen molar-refractivity contribution in [3.63, 3.8) is 0 Å². The van der Waals surface area contributed by atoms with E-state index >= 15 is 0 Å². The van der Waals surface area contributed by atoms with Gasteiger partial charge in [0, 0.05) is 12.2 Å². The Hall–Kier alpha value is -2.68. The number of benzene rings is 2. The van der Waals surface area contributed by atoms with E-state index < -0.39 is 0 Å². The van der Waals surface area contributed by atoms with Gasteiger partial charge in [0.25, 0.3) is 11.8 Å². The Balaban J connectivity index is 1.97. The first-order valence-corrected chi connectivity index (χ1v) is 6.43. The van der Waals surface area contributed by atoms with Gasteiger partial charge in [-0.15, -0.1) is 0 Å². The molecular formula is C17H13NO2. The Morgan fingerprint density at radius 3 is 2.05 bits per heavy atom. The monoisotopic (exact) mass is 263 g/mol. The molecule has 1 heterocycles. The van der Waals surface area contributed by atoms with E-state index in [9.17, 15) is 9.59 Å². The number of anilines is 1. The number of carbonyl (C=O) groups is 2. The average molecular weight is 263 g/mol. The molecule has 1 aliphatic rings. The first-order chi connectivity index (χ1) is 9.75. The lowest BCUT2D eigenvalue weighted by Gasteiger charge is -2.18. The van der Waals surface area contributed by atoms with Gasteiger partial charge in [0.2, 0.25) is 0 Å². The molecule has 0 spiro atoms. The first kappa shape index (κ1) is 12.4. The van der Waals surface area contributed by atoms with Gasteiger partial charge in [-0.2, -0.15) is 0 Å². The fraction of sp³-hybridized carbons (Fsp3) is 0.0588. The summed E-state index contributed by atoms with van der Waals surface area (Å²) in [6, 6.07) is 17.5. The van der Waals surface area contributed by atoms with Gasteiger partial charge in [-0.05, 0) is 23.6 Å². The molecule has 20 heavy (non-hydrogen) atoms. The molecule has 0 fully saturated rings. The molecule has 0 saturated heterocycles. The van der Waals surface area contributed by atoms with Crippen molar-refractivity contribution < 1.29 is 9.59 Å². The van der Waals surface area contributed by atoms with Crippen molar-refractivity contribution in [3.8, 4) is 0 Å². The van der Waals surface area contributed by atoms with Crippen molar-refractivity contribution in [2.24, 2.45) is 0 Å². The predicted octanol–water partition coefficient (Wildman–Crippen LogP) is 2.71. The lowest BCUT2D eigenvalue weighted by atomic mass is 10.0. The van der Waals surface area contributed by atoms with E-state index in [1.54, 1.807) is 6.07 Å². The summed E-state index contributed by atoms with van der Waals surface area (Å²) >= 11 is 0. The Morgan fingerprint density at radius 2 is 1.35 bits per heavy atom. The van der Waals surface area contributed by atoms with E-state index in [1.165, 1.54) is 17.1 Å². The minimum atomic E-state index is -0.282. The molecule has 0 N–H and O–H groups in total. The van der Waals surface area contributed by atoms with Crippen molar-refractivity contribution >= 4 is 17.5 Å². The summed E-state index contributed by atoms with van der Waals surface area (Å²) < 4.78 is 0. The molecule has 3 heteroatoms. The third kappa shape index (κ3) is 2.26. The summed E-state index contributed by atoms with van der Waals surface area (Å²) in [5.74, 6) is -0.564. The molecule has 3 nitrogen and oxygen atoms in total. The van der Waals surface area contributed by atoms with Crippen molar-refractivity contribution in [3.05, 3.63) is 77.9 Å². The lowest BCUT2D eigenvalue weighted by molar-refractivity contribution is -0.119. The topological polar surface area (TPSA) is 37.4 Å². The minimum absolute atomic E-state index is 0.282. The zero-order chi connectivity index (χ0) is 13.9. The summed E-state index contributed by atoms with van der Waals surface area (Å²) in [5, 5.41) is 0. The van der Waals surface area contributed by atoms with Crippen LogP contribution in [-0.4, -0.2) is 11.8 Å². The zero-order valence-electron chi connectivity index (χ0n) is 10.8. The van der Waals surface area contributed by atoms with Crippen LogP contribution in [0.5, 0.6) is 0 Å². The Morgan fingerprint density at radius 1 is 0.750 bits per heavy atom. The van der Waals surface area contributed by atoms with Gasteiger partial charge in [0.15, 0.2) is 0 Å². The summed E-state index contributed by atoms with van der Waals surface area (Å²) in [6.45, 7) is 0. The highest BCUT2D eigenvalue weighted by Gasteiger charge is 2.26. The van der Waals surface area contributed by atoms with Crippen molar-refractivity contribution in [1.29, 1.82) is 0 Å². The standard InChI is InChI=1S/C17H13NO2/c19-16-10-11-17(20)18(16)15-9-5-4-8-14(15)12-13-6-2-1-3-7-13/h1-11H,12H2. The van der Waals surface area contributed by atoms with E-state index in [-0.39, 0.29) is 11.8 Å². The van der Waals surface area contributed by atoms with Gasteiger partial charge in [-0.3, -0.25) is 9.59 Å². The predicted molar refractivity (Wildman–Crippen MR) is 77.3 cm³/mol. The molecule has 2 aromatic carbocycles. The van der Waals surface area contributed by atoms with Crippen LogP contribution in [0.25, 0.3) is 0 Å². The third-order valence-electron chi connectivity index (χ3n) is 3.28. The first-order valence-electron chi connectivity index (χ1n) is 6.43. The maximum Gasteiger partial charge on any atom is 0.258 e. The molecule has 0 aliphatic carbocycles. The van der Waals surface area contributed by atoms with Crippen LogP contribution in [0, 0.1) is 0 Å². The summed E-state index contributed by atoms with van der Waals surface area (Å²) in [5.41, 5.74) is 2.77. The van der Waals surface area contributed by atoms with Crippen molar-refractivity contribution in [2.75, 3.05) is 4.90 Å². The van der Waals surface area contributed by atoms with Crippen LogP contribution >= 0.6 is 0 Å². The van der Waals surface area contributed by atoms with Gasteiger partial charge >= 0.3 is 0 Å². The number of nitrogens with zero attached hydrogens (tertiary/aromatic N) is 1. The van der Waals surface area contributed by atoms with Crippen LogP contribution in [0.15, 0.2) is 66.7 Å². The molecule has 0 saturated carbocycles. The minimum Gasteiger partial charge on any atom is -0.269 e. The third-order valence-corrected chi connectivity index (χ3v) is 3.28. The average Bonchev–Trinajstić information content (AvgIpc) is 2.80. The highest BCUT2D eigenvalue weighted by atomic mass is 16.2. The fourth-order valence-corrected chi connectivity index (χ4v) is 2.33. The van der Waals surface area contributed by atoms with Gasteiger partial charge < -0.3 is 0 Å². The largest absolute Gasteiger partial charge is 0.269 e. The summed E-state index contributed by atoms with van der Waals surface area (Å²) in [4.78, 5) is 24.8. The second-order valence-corrected chi connectivity index (χ2v) is 4.64. The lowest BCUT2D eigenvalue weighted by Crippen LogP contribution is -2.30. The molecule has 0 aromatic heterocycles. The molecule has 98 valence electrons. The normalized spacial score (nSPS) is 14.1. The molecule has 2 aromatic rings. The van der Waals surface area contributed by atoms with Gasteiger partial charge in [0.05, 0.1) is 5.69 Å². The number of hydrogen-bond donors (Lipinski definition) is 0. The Kier molecular flexibility index (Phi) is 3.17. The van der Waals surface area contributed by atoms with Crippen molar-refractivity contribution in [2.45, 2.75) is 6.42 Å². The van der Waals surface area contributed by atoms with Crippen LogP contribution in [0.2, 0.25) is 0 Å². The van der Waals surface area contributed by atoms with E-state index in [1.807, 2.05) is 48.5 Å². The SMILES string of the molecule is O=C1C=CC(=O)N1c1ccccc1Cc1ccccc1. The number of rotatable bonds is 3. The fourth-order valence-electron chi connectivity index (χ4n) is 2.33. The van der Waals surface area contributed by atoms with E-state index in [0.717, 1.165) is 11.1 Å².